The minimum absolute atomic E-state index is 0.00364. The largest absolute Gasteiger partial charge is 0.497 e. The quantitative estimate of drug-likeness (QED) is 0.137. The lowest BCUT2D eigenvalue weighted by Gasteiger charge is -2.15. The number of hydrogen-bond donors (Lipinski definition) is 2. The topological polar surface area (TPSA) is 235 Å². The van der Waals surface area contributed by atoms with Gasteiger partial charge in [0, 0.05) is 144 Å². The zero-order valence-electron chi connectivity index (χ0n) is 51.4. The second-order valence-corrected chi connectivity index (χ2v) is 23.6. The van der Waals surface area contributed by atoms with Gasteiger partial charge in [-0.05, 0) is 160 Å². The van der Waals surface area contributed by atoms with Crippen molar-refractivity contribution >= 4 is 78.5 Å². The number of nitrogens with zero attached hydrogens (tertiary/aromatic N) is 13. The van der Waals surface area contributed by atoms with E-state index in [0.29, 0.717) is 39.3 Å². The molecular formula is C73H58BrN15O6. The van der Waals surface area contributed by atoms with E-state index in [9.17, 15) is 19.2 Å². The highest BCUT2D eigenvalue weighted by molar-refractivity contribution is 9.10. The van der Waals surface area contributed by atoms with E-state index in [4.69, 9.17) is 9.47 Å². The number of benzene rings is 6. The molecule has 7 aromatic heterocycles. The number of halogens is 1. The van der Waals surface area contributed by atoms with Crippen LogP contribution < -0.4 is 20.1 Å². The number of amides is 4. The monoisotopic (exact) mass is 1320 g/mol. The molecule has 0 unspecified atom stereocenters. The number of carbonyl (C=O) groups excluding carboxylic acids is 4. The maximum absolute atomic E-state index is 12.8. The minimum atomic E-state index is -0.00364. The summed E-state index contributed by atoms with van der Waals surface area (Å²) in [4.78, 5) is 72.3. The van der Waals surface area contributed by atoms with E-state index in [-0.39, 0.29) is 23.6 Å². The van der Waals surface area contributed by atoms with Crippen LogP contribution in [0.5, 0.6) is 11.5 Å². The highest BCUT2D eigenvalue weighted by Crippen LogP contribution is 2.31. The molecule has 0 spiro atoms. The van der Waals surface area contributed by atoms with Crippen LogP contribution in [-0.4, -0.2) is 103 Å². The van der Waals surface area contributed by atoms with Crippen LogP contribution in [0.25, 0.3) is 49.8 Å². The summed E-state index contributed by atoms with van der Waals surface area (Å²) in [5.74, 6) is 1.79. The Morgan fingerprint density at radius 3 is 1.29 bits per heavy atom. The molecule has 18 rings (SSSR count). The molecule has 0 saturated carbocycles. The van der Waals surface area contributed by atoms with Crippen LogP contribution in [0.15, 0.2) is 223 Å². The smallest absolute Gasteiger partial charge is 0.254 e. The lowest BCUT2D eigenvalue weighted by Crippen LogP contribution is -2.23. The first-order valence-electron chi connectivity index (χ1n) is 30.4. The Hall–Kier alpha value is -12.0. The molecule has 6 aromatic carbocycles. The molecule has 0 bridgehead atoms. The van der Waals surface area contributed by atoms with Gasteiger partial charge >= 0.3 is 0 Å². The van der Waals surface area contributed by atoms with Gasteiger partial charge in [-0.25, -0.2) is 14.0 Å². The second-order valence-electron chi connectivity index (χ2n) is 22.7. The Balaban J connectivity index is 0.000000106. The molecule has 2 N–H and O–H groups in total. The third-order valence-electron chi connectivity index (χ3n) is 16.8. The summed E-state index contributed by atoms with van der Waals surface area (Å²) >= 11 is 3.44. The van der Waals surface area contributed by atoms with Crippen molar-refractivity contribution in [2.45, 2.75) is 45.8 Å². The average Bonchev–Trinajstić information content (AvgIpc) is 1.68. The molecule has 0 saturated heterocycles. The van der Waals surface area contributed by atoms with Crippen molar-refractivity contribution in [3.8, 4) is 28.6 Å². The molecule has 468 valence electrons. The van der Waals surface area contributed by atoms with Crippen molar-refractivity contribution in [2.75, 3.05) is 14.2 Å². The van der Waals surface area contributed by atoms with Crippen molar-refractivity contribution in [1.82, 2.24) is 69.7 Å². The summed E-state index contributed by atoms with van der Waals surface area (Å²) < 4.78 is 17.0. The fourth-order valence-electron chi connectivity index (χ4n) is 11.9. The summed E-state index contributed by atoms with van der Waals surface area (Å²) in [6.45, 7) is 4.45. The van der Waals surface area contributed by atoms with Crippen LogP contribution >= 0.6 is 15.9 Å². The van der Waals surface area contributed by atoms with Crippen molar-refractivity contribution < 1.29 is 28.7 Å². The number of methoxy groups -OCH3 is 2. The second kappa shape index (κ2) is 26.7. The Kier molecular flexibility index (Phi) is 17.0. The van der Waals surface area contributed by atoms with Crippen LogP contribution in [-0.2, 0) is 45.8 Å². The van der Waals surface area contributed by atoms with Gasteiger partial charge in [0.2, 0.25) is 0 Å². The number of pyridine rings is 4. The number of aliphatic imine (C=N–C) groups is 1. The molecule has 4 amide bonds. The van der Waals surface area contributed by atoms with Gasteiger partial charge in [0.05, 0.1) is 73.0 Å². The molecule has 5 aliphatic rings. The van der Waals surface area contributed by atoms with E-state index >= 15 is 0 Å². The number of ether oxygens (including phenoxy) is 2. The predicted octanol–water partition coefficient (Wildman–Crippen LogP) is 11.5. The maximum atomic E-state index is 12.8. The molecule has 21 nitrogen and oxygen atoms in total. The van der Waals surface area contributed by atoms with Crippen molar-refractivity contribution in [3.05, 3.63) is 285 Å². The summed E-state index contributed by atoms with van der Waals surface area (Å²) in [6, 6.07) is 46.7. The van der Waals surface area contributed by atoms with Gasteiger partial charge in [-0.15, -0.1) is 0 Å². The lowest BCUT2D eigenvalue weighted by atomic mass is 10.1. The molecular weight excluding hydrogens is 1260 g/mol. The van der Waals surface area contributed by atoms with Gasteiger partial charge < -0.3 is 29.9 Å². The zero-order chi connectivity index (χ0) is 64.9. The minimum Gasteiger partial charge on any atom is -0.497 e. The molecule has 22 heteroatoms. The Labute approximate surface area is 552 Å². The summed E-state index contributed by atoms with van der Waals surface area (Å²) in [5.41, 5.74) is 17.7. The molecule has 0 atom stereocenters. The van der Waals surface area contributed by atoms with Gasteiger partial charge in [-0.2, -0.15) is 15.3 Å². The van der Waals surface area contributed by atoms with Crippen LogP contribution in [0.3, 0.4) is 0 Å². The van der Waals surface area contributed by atoms with Gasteiger partial charge in [-0.3, -0.25) is 44.1 Å². The van der Waals surface area contributed by atoms with Crippen LogP contribution in [0.4, 0.5) is 0 Å². The number of hydrogen-bond acceptors (Lipinski definition) is 14. The average molecular weight is 1320 g/mol. The van der Waals surface area contributed by atoms with Gasteiger partial charge in [0.15, 0.2) is 0 Å². The van der Waals surface area contributed by atoms with Crippen LogP contribution in [0.2, 0.25) is 0 Å². The number of carbonyl (C=O) groups is 4. The molecule has 95 heavy (non-hydrogen) atoms. The van der Waals surface area contributed by atoms with E-state index in [1.807, 2.05) is 182 Å². The summed E-state index contributed by atoms with van der Waals surface area (Å²) in [6.07, 6.45) is 21.5. The fraction of sp³-hybridized carbons (Fsp3) is 0.123. The van der Waals surface area contributed by atoms with Crippen LogP contribution in [0.1, 0.15) is 85.9 Å². The highest BCUT2D eigenvalue weighted by Gasteiger charge is 2.29. The normalized spacial score (nSPS) is 13.5. The molecule has 12 heterocycles. The van der Waals surface area contributed by atoms with E-state index < -0.39 is 0 Å². The SMILES string of the molecule is C1=NCc2ccncc21.COc1ccc(CN2Cc3cc(-n4ncc5cnccc54)ccc3C2=O)cc1.COc1ccc(CN2Cc3cc(Br)ccc3C2=O)cc1.O=C1NCc2cc(-n3ncc4cnccc43)ccc21.O=C1NCc2cc(-n3ncc4cnccc43)ccc21. The molecule has 0 aliphatic carbocycles. The third-order valence-corrected chi connectivity index (χ3v) is 17.3. The standard InChI is InChI=1S/C22H18N4O2.C16H14BrNO2.2C14H10N4O.C7H6N2/c1-28-19-5-2-15(3-6-19)13-25-14-16-10-18(4-7-20(16)22(25)27)26-21-8-9-23-11-17(21)12-24-26;1-20-14-5-2-11(3-6-14)9-18-10-12-8-13(17)4-7-15(12)16(18)19;2*19-14-12-2-1-11(5-9(12)7-16-14)18-13-3-4-15-6-10(13)8-17-18;1-2-8-4-7-5-9-3-6(1)7/h2-12H,13-14H2,1H3;2-8H,9-10H2,1H3;2*1-6,8H,7H2,(H,16,19);1-2,4-5H,3H2. The number of rotatable bonds is 9. The van der Waals surface area contributed by atoms with Crippen molar-refractivity contribution in [3.63, 3.8) is 0 Å². The lowest BCUT2D eigenvalue weighted by molar-refractivity contribution is 0.0759. The molecule has 0 radical (unpaired) electrons. The van der Waals surface area contributed by atoms with Crippen LogP contribution in [0, 0.1) is 0 Å². The predicted molar refractivity (Wildman–Crippen MR) is 362 cm³/mol. The van der Waals surface area contributed by atoms with E-state index in [1.54, 1.807) is 76.2 Å². The fourth-order valence-corrected chi connectivity index (χ4v) is 12.3. The Morgan fingerprint density at radius 1 is 0.432 bits per heavy atom. The first kappa shape index (κ1) is 60.5. The zero-order valence-corrected chi connectivity index (χ0v) is 53.0. The molecule has 0 fully saturated rings. The van der Waals surface area contributed by atoms with Crippen molar-refractivity contribution in [1.29, 1.82) is 0 Å². The van der Waals surface area contributed by atoms with Crippen molar-refractivity contribution in [2.24, 2.45) is 4.99 Å². The number of nitrogens with one attached hydrogen (secondary N) is 2. The highest BCUT2D eigenvalue weighted by atomic mass is 79.9. The molecule has 13 aromatic rings. The molecule has 5 aliphatic heterocycles. The summed E-state index contributed by atoms with van der Waals surface area (Å²) in [7, 11) is 3.29. The van der Waals surface area contributed by atoms with E-state index in [2.05, 4.69) is 66.8 Å². The van der Waals surface area contributed by atoms with E-state index in [1.165, 1.54) is 5.56 Å². The Bertz CT molecular complexity index is 4990. The number of aromatic nitrogens is 10. The van der Waals surface area contributed by atoms with E-state index in [0.717, 1.165) is 133 Å². The first-order chi connectivity index (χ1) is 46.5. The maximum Gasteiger partial charge on any atom is 0.254 e. The first-order valence-corrected chi connectivity index (χ1v) is 31.2. The third kappa shape index (κ3) is 12.7. The van der Waals surface area contributed by atoms with Gasteiger partial charge in [0.1, 0.15) is 11.5 Å². The number of fused-ring (bicyclic) bond motifs is 8. The summed E-state index contributed by atoms with van der Waals surface area (Å²) in [5, 5.41) is 21.9. The van der Waals surface area contributed by atoms with Gasteiger partial charge in [-0.1, -0.05) is 40.2 Å². The Morgan fingerprint density at radius 2 is 0.842 bits per heavy atom. The van der Waals surface area contributed by atoms with Gasteiger partial charge in [0.25, 0.3) is 23.6 Å².